The maximum Gasteiger partial charge on any atom is 0.137 e. The molecule has 3 heterocycles. The van der Waals surface area contributed by atoms with Crippen LogP contribution in [0, 0.1) is 0 Å². The number of rotatable bonds is 2. The van der Waals surface area contributed by atoms with Crippen molar-refractivity contribution in [3.05, 3.63) is 109 Å². The average molecular weight is 409 g/mol. The van der Waals surface area contributed by atoms with Crippen LogP contribution in [0.15, 0.2) is 109 Å². The van der Waals surface area contributed by atoms with E-state index in [1.165, 1.54) is 54.7 Å². The monoisotopic (exact) mass is 409 g/mol. The molecule has 0 aliphatic rings. The average Bonchev–Trinajstić information content (AvgIpc) is 3.39. The van der Waals surface area contributed by atoms with E-state index in [0.29, 0.717) is 0 Å². The Hall–Kier alpha value is -4.37. The highest BCUT2D eigenvalue weighted by atomic mass is 15.1. The fourth-order valence-corrected chi connectivity index (χ4v) is 4.91. The van der Waals surface area contributed by atoms with Crippen molar-refractivity contribution < 1.29 is 0 Å². The van der Waals surface area contributed by atoms with Crippen molar-refractivity contribution >= 4 is 43.6 Å². The summed E-state index contributed by atoms with van der Waals surface area (Å²) in [4.78, 5) is 8.14. The smallest absolute Gasteiger partial charge is 0.137 e. The lowest BCUT2D eigenvalue weighted by Crippen LogP contribution is -1.95. The predicted octanol–water partition coefficient (Wildman–Crippen LogP) is 7.48. The molecule has 3 aromatic heterocycles. The highest BCUT2D eigenvalue weighted by Crippen LogP contribution is 2.36. The van der Waals surface area contributed by atoms with E-state index in [4.69, 9.17) is 0 Å². The van der Waals surface area contributed by atoms with Gasteiger partial charge in [-0.3, -0.25) is 4.57 Å². The summed E-state index contributed by atoms with van der Waals surface area (Å²) in [6.45, 7) is 0. The van der Waals surface area contributed by atoms with Gasteiger partial charge >= 0.3 is 0 Å². The first-order valence-corrected chi connectivity index (χ1v) is 10.8. The zero-order chi connectivity index (χ0) is 21.1. The van der Waals surface area contributed by atoms with Gasteiger partial charge in [0.25, 0.3) is 0 Å². The molecule has 1 N–H and O–H groups in total. The molecular formula is C29H19N3. The second-order valence-corrected chi connectivity index (χ2v) is 8.20. The third-order valence-corrected chi connectivity index (χ3v) is 6.39. The van der Waals surface area contributed by atoms with Gasteiger partial charge in [-0.25, -0.2) is 4.98 Å². The molecule has 0 bridgehead atoms. The van der Waals surface area contributed by atoms with E-state index >= 15 is 0 Å². The van der Waals surface area contributed by atoms with Crippen LogP contribution in [0.3, 0.4) is 0 Å². The molecule has 0 saturated heterocycles. The van der Waals surface area contributed by atoms with Crippen molar-refractivity contribution in [1.82, 2.24) is 14.5 Å². The summed E-state index contributed by atoms with van der Waals surface area (Å²) in [7, 11) is 0. The van der Waals surface area contributed by atoms with Crippen molar-refractivity contribution in [3.63, 3.8) is 0 Å². The molecule has 7 aromatic rings. The van der Waals surface area contributed by atoms with Crippen molar-refractivity contribution in [3.8, 4) is 16.9 Å². The van der Waals surface area contributed by atoms with E-state index in [1.54, 1.807) is 0 Å². The van der Waals surface area contributed by atoms with Gasteiger partial charge in [0.1, 0.15) is 5.82 Å². The van der Waals surface area contributed by atoms with Crippen molar-refractivity contribution in [2.75, 3.05) is 0 Å². The van der Waals surface area contributed by atoms with Crippen molar-refractivity contribution in [2.45, 2.75) is 0 Å². The van der Waals surface area contributed by atoms with Crippen LogP contribution in [0.4, 0.5) is 0 Å². The van der Waals surface area contributed by atoms with Crippen LogP contribution in [0.1, 0.15) is 0 Å². The maximum absolute atomic E-state index is 4.62. The molecule has 0 atom stereocenters. The van der Waals surface area contributed by atoms with Gasteiger partial charge in [-0.2, -0.15) is 0 Å². The van der Waals surface area contributed by atoms with Gasteiger partial charge in [0.2, 0.25) is 0 Å². The van der Waals surface area contributed by atoms with Gasteiger partial charge in [0, 0.05) is 38.8 Å². The lowest BCUT2D eigenvalue weighted by atomic mass is 10.0. The first kappa shape index (κ1) is 17.3. The Kier molecular flexibility index (Phi) is 3.55. The van der Waals surface area contributed by atoms with E-state index in [-0.39, 0.29) is 0 Å². The normalized spacial score (nSPS) is 11.8. The summed E-state index contributed by atoms with van der Waals surface area (Å²) < 4.78 is 2.25. The van der Waals surface area contributed by atoms with Crippen LogP contribution in [-0.4, -0.2) is 14.5 Å². The maximum atomic E-state index is 4.62. The largest absolute Gasteiger partial charge is 0.355 e. The third-order valence-electron chi connectivity index (χ3n) is 6.39. The molecule has 0 spiro atoms. The molecule has 0 saturated carbocycles. The highest BCUT2D eigenvalue weighted by Gasteiger charge is 2.14. The topological polar surface area (TPSA) is 33.6 Å². The van der Waals surface area contributed by atoms with Gasteiger partial charge in [0.05, 0.1) is 11.0 Å². The number of hydrogen-bond acceptors (Lipinski definition) is 1. The van der Waals surface area contributed by atoms with Crippen LogP contribution in [0.2, 0.25) is 0 Å². The number of fused-ring (bicyclic) bond motifs is 6. The molecule has 0 amide bonds. The Labute approximate surface area is 184 Å². The minimum Gasteiger partial charge on any atom is -0.355 e. The molecule has 0 aliphatic carbocycles. The third kappa shape index (κ3) is 2.45. The molecule has 3 nitrogen and oxygen atoms in total. The summed E-state index contributed by atoms with van der Waals surface area (Å²) in [5.41, 5.74) is 7.12. The number of aromatic amines is 1. The fourth-order valence-electron chi connectivity index (χ4n) is 4.91. The Bertz CT molecular complexity index is 1770. The van der Waals surface area contributed by atoms with Crippen LogP contribution < -0.4 is 0 Å². The Morgan fingerprint density at radius 1 is 0.531 bits per heavy atom. The molecule has 0 radical (unpaired) electrons. The summed E-state index contributed by atoms with van der Waals surface area (Å²) in [6, 6.07) is 36.5. The summed E-state index contributed by atoms with van der Waals surface area (Å²) in [5.74, 6) is 0.937. The standard InChI is InChI=1S/C29H19N3/c1-3-9-25-21(7-1)23-17-19(12-14-26(23)31-25)20-13-15-28-24(18-20)22-8-2-4-10-27(22)32(28)29-11-5-6-16-30-29/h1-18,31H. The van der Waals surface area contributed by atoms with Gasteiger partial charge in [-0.05, 0) is 59.7 Å². The first-order chi connectivity index (χ1) is 15.9. The van der Waals surface area contributed by atoms with Gasteiger partial charge < -0.3 is 4.98 Å². The number of pyridine rings is 1. The van der Waals surface area contributed by atoms with E-state index in [0.717, 1.165) is 5.82 Å². The molecule has 0 unspecified atom stereocenters. The number of aromatic nitrogens is 3. The van der Waals surface area contributed by atoms with E-state index < -0.39 is 0 Å². The van der Waals surface area contributed by atoms with Crippen molar-refractivity contribution in [1.29, 1.82) is 0 Å². The number of nitrogens with zero attached hydrogens (tertiary/aromatic N) is 2. The van der Waals surface area contributed by atoms with Gasteiger partial charge in [-0.15, -0.1) is 0 Å². The lowest BCUT2D eigenvalue weighted by Gasteiger charge is -2.07. The molecule has 7 rings (SSSR count). The Morgan fingerprint density at radius 3 is 2.09 bits per heavy atom. The minimum atomic E-state index is 0.937. The molecular weight excluding hydrogens is 390 g/mol. The molecule has 150 valence electrons. The van der Waals surface area contributed by atoms with Crippen LogP contribution in [0.5, 0.6) is 0 Å². The second-order valence-electron chi connectivity index (χ2n) is 8.20. The minimum absolute atomic E-state index is 0.937. The Balaban J connectivity index is 1.49. The number of hydrogen-bond donors (Lipinski definition) is 1. The zero-order valence-corrected chi connectivity index (χ0v) is 17.3. The van der Waals surface area contributed by atoms with Gasteiger partial charge in [0.15, 0.2) is 0 Å². The van der Waals surface area contributed by atoms with E-state index in [1.807, 2.05) is 18.3 Å². The lowest BCUT2D eigenvalue weighted by molar-refractivity contribution is 1.08. The number of benzene rings is 4. The molecule has 4 aromatic carbocycles. The SMILES string of the molecule is c1ccc(-n2c3ccccc3c3cc(-c4ccc5[nH]c6ccccc6c5c4)ccc32)nc1. The van der Waals surface area contributed by atoms with E-state index in [2.05, 4.69) is 106 Å². The molecule has 32 heavy (non-hydrogen) atoms. The van der Waals surface area contributed by atoms with E-state index in [9.17, 15) is 0 Å². The fraction of sp³-hybridized carbons (Fsp3) is 0. The number of H-pyrrole nitrogens is 1. The second kappa shape index (κ2) is 6.56. The van der Waals surface area contributed by atoms with Gasteiger partial charge in [-0.1, -0.05) is 54.6 Å². The van der Waals surface area contributed by atoms with Crippen LogP contribution in [-0.2, 0) is 0 Å². The quantitative estimate of drug-likeness (QED) is 0.315. The van der Waals surface area contributed by atoms with Crippen LogP contribution >= 0.6 is 0 Å². The van der Waals surface area contributed by atoms with Crippen LogP contribution in [0.25, 0.3) is 60.6 Å². The number of nitrogens with one attached hydrogen (secondary N) is 1. The summed E-state index contributed by atoms with van der Waals surface area (Å²) in [5, 5.41) is 5.00. The number of para-hydroxylation sites is 2. The summed E-state index contributed by atoms with van der Waals surface area (Å²) in [6.07, 6.45) is 1.85. The molecule has 3 heteroatoms. The molecule has 0 aliphatic heterocycles. The predicted molar refractivity (Wildman–Crippen MR) is 133 cm³/mol. The highest BCUT2D eigenvalue weighted by molar-refractivity contribution is 6.11. The first-order valence-electron chi connectivity index (χ1n) is 10.8. The van der Waals surface area contributed by atoms with Crippen molar-refractivity contribution in [2.24, 2.45) is 0 Å². The Morgan fingerprint density at radius 2 is 1.22 bits per heavy atom. The summed E-state index contributed by atoms with van der Waals surface area (Å²) >= 11 is 0. The molecule has 0 fully saturated rings. The zero-order valence-electron chi connectivity index (χ0n) is 17.3.